The standard InChI is InChI=1S/C18H33NO/c20-18(19-17-13-7-3-8-14-17)15-9-2-6-12-16-10-4-1-5-11-16/h16-17H,1-15H2,(H,19,20). The van der Waals surface area contributed by atoms with E-state index in [-0.39, 0.29) is 0 Å². The van der Waals surface area contributed by atoms with Crippen LogP contribution >= 0.6 is 0 Å². The maximum atomic E-state index is 11.9. The predicted molar refractivity (Wildman–Crippen MR) is 84.7 cm³/mol. The maximum absolute atomic E-state index is 11.9. The van der Waals surface area contributed by atoms with Gasteiger partial charge < -0.3 is 5.32 Å². The third-order valence-corrected chi connectivity index (χ3v) is 5.21. The van der Waals surface area contributed by atoms with Gasteiger partial charge in [0, 0.05) is 12.5 Å². The Morgan fingerprint density at radius 3 is 2.15 bits per heavy atom. The van der Waals surface area contributed by atoms with Gasteiger partial charge in [-0.2, -0.15) is 0 Å². The van der Waals surface area contributed by atoms with Crippen molar-refractivity contribution in [1.82, 2.24) is 5.32 Å². The van der Waals surface area contributed by atoms with Crippen LogP contribution < -0.4 is 5.32 Å². The van der Waals surface area contributed by atoms with Crippen LogP contribution in [0.5, 0.6) is 0 Å². The highest BCUT2D eigenvalue weighted by Crippen LogP contribution is 2.28. The summed E-state index contributed by atoms with van der Waals surface area (Å²) in [6.45, 7) is 0. The third-order valence-electron chi connectivity index (χ3n) is 5.21. The van der Waals surface area contributed by atoms with Crippen molar-refractivity contribution in [2.24, 2.45) is 5.92 Å². The van der Waals surface area contributed by atoms with Crippen LogP contribution in [0.1, 0.15) is 96.3 Å². The quantitative estimate of drug-likeness (QED) is 0.655. The van der Waals surface area contributed by atoms with E-state index in [4.69, 9.17) is 0 Å². The highest BCUT2D eigenvalue weighted by molar-refractivity contribution is 5.76. The molecule has 2 saturated carbocycles. The minimum absolute atomic E-state index is 0.301. The summed E-state index contributed by atoms with van der Waals surface area (Å²) in [5.41, 5.74) is 0. The van der Waals surface area contributed by atoms with E-state index < -0.39 is 0 Å². The van der Waals surface area contributed by atoms with Crippen molar-refractivity contribution in [3.05, 3.63) is 0 Å². The number of hydrogen-bond acceptors (Lipinski definition) is 1. The van der Waals surface area contributed by atoms with Gasteiger partial charge in [0.2, 0.25) is 5.91 Å². The molecule has 2 nitrogen and oxygen atoms in total. The molecule has 0 aromatic heterocycles. The highest BCUT2D eigenvalue weighted by atomic mass is 16.1. The van der Waals surface area contributed by atoms with Gasteiger partial charge in [-0.1, -0.05) is 70.6 Å². The molecule has 0 bridgehead atoms. The largest absolute Gasteiger partial charge is 0.353 e. The topological polar surface area (TPSA) is 29.1 Å². The van der Waals surface area contributed by atoms with E-state index in [0.29, 0.717) is 11.9 Å². The van der Waals surface area contributed by atoms with Crippen LogP contribution in [-0.2, 0) is 4.79 Å². The van der Waals surface area contributed by atoms with Gasteiger partial charge >= 0.3 is 0 Å². The lowest BCUT2D eigenvalue weighted by molar-refractivity contribution is -0.122. The molecule has 0 atom stereocenters. The molecule has 20 heavy (non-hydrogen) atoms. The molecule has 0 heterocycles. The molecular formula is C18H33NO. The number of carbonyl (C=O) groups excluding carboxylic acids is 1. The Morgan fingerprint density at radius 1 is 0.800 bits per heavy atom. The molecule has 2 heteroatoms. The van der Waals surface area contributed by atoms with Crippen molar-refractivity contribution in [3.8, 4) is 0 Å². The Morgan fingerprint density at radius 2 is 1.45 bits per heavy atom. The molecule has 2 aliphatic rings. The Bertz CT molecular complexity index is 265. The molecule has 0 saturated heterocycles. The Hall–Kier alpha value is -0.530. The van der Waals surface area contributed by atoms with Crippen LogP contribution in [0.15, 0.2) is 0 Å². The van der Waals surface area contributed by atoms with E-state index in [0.717, 1.165) is 18.8 Å². The number of hydrogen-bond donors (Lipinski definition) is 1. The molecule has 1 N–H and O–H groups in total. The van der Waals surface area contributed by atoms with Gasteiger partial charge in [0.15, 0.2) is 0 Å². The number of amides is 1. The number of rotatable bonds is 7. The lowest BCUT2D eigenvalue weighted by Crippen LogP contribution is -2.35. The average Bonchev–Trinajstić information content (AvgIpc) is 2.49. The fraction of sp³-hybridized carbons (Fsp3) is 0.944. The predicted octanol–water partition coefficient (Wildman–Crippen LogP) is 4.97. The van der Waals surface area contributed by atoms with Crippen molar-refractivity contribution < 1.29 is 4.79 Å². The van der Waals surface area contributed by atoms with Crippen molar-refractivity contribution in [2.75, 3.05) is 0 Å². The smallest absolute Gasteiger partial charge is 0.220 e. The molecule has 0 aromatic rings. The zero-order valence-corrected chi connectivity index (χ0v) is 13.2. The highest BCUT2D eigenvalue weighted by Gasteiger charge is 2.15. The number of nitrogens with one attached hydrogen (secondary N) is 1. The Balaban J connectivity index is 1.44. The molecular weight excluding hydrogens is 246 g/mol. The summed E-state index contributed by atoms with van der Waals surface area (Å²) < 4.78 is 0. The lowest BCUT2D eigenvalue weighted by Gasteiger charge is -2.23. The Kier molecular flexibility index (Phi) is 7.46. The summed E-state index contributed by atoms with van der Waals surface area (Å²) >= 11 is 0. The second kappa shape index (κ2) is 9.41. The summed E-state index contributed by atoms with van der Waals surface area (Å²) in [5.74, 6) is 1.30. The molecule has 2 aliphatic carbocycles. The van der Waals surface area contributed by atoms with Crippen molar-refractivity contribution >= 4 is 5.91 Å². The molecule has 0 radical (unpaired) electrons. The van der Waals surface area contributed by atoms with E-state index in [1.54, 1.807) is 0 Å². The first-order valence-corrected chi connectivity index (χ1v) is 9.14. The van der Waals surface area contributed by atoms with Crippen molar-refractivity contribution in [2.45, 2.75) is 102 Å². The van der Waals surface area contributed by atoms with E-state index >= 15 is 0 Å². The molecule has 116 valence electrons. The van der Waals surface area contributed by atoms with Crippen LogP contribution in [0.3, 0.4) is 0 Å². The van der Waals surface area contributed by atoms with Gasteiger partial charge in [-0.3, -0.25) is 4.79 Å². The van der Waals surface area contributed by atoms with Gasteiger partial charge in [-0.05, 0) is 25.2 Å². The second-order valence-electron chi connectivity index (χ2n) is 7.01. The normalized spacial score (nSPS) is 21.8. The fourth-order valence-electron chi connectivity index (χ4n) is 3.92. The van der Waals surface area contributed by atoms with E-state index in [1.165, 1.54) is 83.5 Å². The van der Waals surface area contributed by atoms with E-state index in [1.807, 2.05) is 0 Å². The molecule has 0 aromatic carbocycles. The summed E-state index contributed by atoms with van der Waals surface area (Å²) in [7, 11) is 0. The molecule has 0 spiro atoms. The third kappa shape index (κ3) is 6.28. The first-order chi connectivity index (χ1) is 9.84. The zero-order valence-electron chi connectivity index (χ0n) is 13.2. The summed E-state index contributed by atoms with van der Waals surface area (Å²) in [6.07, 6.45) is 19.5. The molecule has 0 unspecified atom stereocenters. The SMILES string of the molecule is O=C(CCCCCC1CCCCC1)NC1CCCCC1. The van der Waals surface area contributed by atoms with Crippen LogP contribution in [0.4, 0.5) is 0 Å². The Labute approximate surface area is 125 Å². The number of carbonyl (C=O) groups is 1. The minimum Gasteiger partial charge on any atom is -0.353 e. The van der Waals surface area contributed by atoms with Gasteiger partial charge in [0.05, 0.1) is 0 Å². The first-order valence-electron chi connectivity index (χ1n) is 9.14. The van der Waals surface area contributed by atoms with E-state index in [2.05, 4.69) is 5.32 Å². The summed E-state index contributed by atoms with van der Waals surface area (Å²) in [6, 6.07) is 0.485. The van der Waals surface area contributed by atoms with Gasteiger partial charge in [0.1, 0.15) is 0 Å². The van der Waals surface area contributed by atoms with Crippen molar-refractivity contribution in [1.29, 1.82) is 0 Å². The monoisotopic (exact) mass is 279 g/mol. The van der Waals surface area contributed by atoms with Crippen LogP contribution in [0.25, 0.3) is 0 Å². The van der Waals surface area contributed by atoms with Crippen LogP contribution in [0.2, 0.25) is 0 Å². The first kappa shape index (κ1) is 15.9. The van der Waals surface area contributed by atoms with Gasteiger partial charge in [-0.15, -0.1) is 0 Å². The summed E-state index contributed by atoms with van der Waals surface area (Å²) in [5, 5.41) is 3.22. The van der Waals surface area contributed by atoms with Gasteiger partial charge in [0.25, 0.3) is 0 Å². The maximum Gasteiger partial charge on any atom is 0.220 e. The van der Waals surface area contributed by atoms with Gasteiger partial charge in [-0.25, -0.2) is 0 Å². The number of unbranched alkanes of at least 4 members (excludes halogenated alkanes) is 2. The fourth-order valence-corrected chi connectivity index (χ4v) is 3.92. The zero-order chi connectivity index (χ0) is 14.0. The summed E-state index contributed by atoms with van der Waals surface area (Å²) in [4.78, 5) is 11.9. The molecule has 2 fully saturated rings. The second-order valence-corrected chi connectivity index (χ2v) is 7.01. The minimum atomic E-state index is 0.301. The molecule has 1 amide bonds. The van der Waals surface area contributed by atoms with Crippen LogP contribution in [-0.4, -0.2) is 11.9 Å². The van der Waals surface area contributed by atoms with E-state index in [9.17, 15) is 4.79 Å². The molecule has 2 rings (SSSR count). The average molecular weight is 279 g/mol. The van der Waals surface area contributed by atoms with Crippen molar-refractivity contribution in [3.63, 3.8) is 0 Å². The lowest BCUT2D eigenvalue weighted by atomic mass is 9.85. The van der Waals surface area contributed by atoms with Crippen LogP contribution in [0, 0.1) is 5.92 Å². The molecule has 0 aliphatic heterocycles.